The summed E-state index contributed by atoms with van der Waals surface area (Å²) in [5, 5.41) is 0. The normalized spacial score (nSPS) is 30.0. The van der Waals surface area contributed by atoms with Crippen LogP contribution in [-0.2, 0) is 14.3 Å². The Morgan fingerprint density at radius 3 is 2.75 bits per heavy atom. The number of esters is 1. The minimum absolute atomic E-state index is 0.0731. The summed E-state index contributed by atoms with van der Waals surface area (Å²) in [6, 6.07) is 0. The van der Waals surface area contributed by atoms with Gasteiger partial charge in [0, 0.05) is 19.3 Å². The fraction of sp³-hybridized carbons (Fsp3) is 0.778. The fourth-order valence-corrected chi connectivity index (χ4v) is 1.57. The average molecular weight is 170 g/mol. The molecule has 0 amide bonds. The van der Waals surface area contributed by atoms with E-state index in [-0.39, 0.29) is 17.7 Å². The highest BCUT2D eigenvalue weighted by atomic mass is 16.5. The van der Waals surface area contributed by atoms with E-state index >= 15 is 0 Å². The minimum atomic E-state index is -0.476. The van der Waals surface area contributed by atoms with Crippen LogP contribution in [0.5, 0.6) is 0 Å². The Kier molecular flexibility index (Phi) is 2.84. The molecule has 0 saturated heterocycles. The summed E-state index contributed by atoms with van der Waals surface area (Å²) in [5.74, 6) is -0.0961. The number of Topliss-reactive ketones (excluding diaryl/α,β-unsaturated/α-hetero) is 1. The molecule has 2 atom stereocenters. The van der Waals surface area contributed by atoms with Crippen LogP contribution >= 0.6 is 0 Å². The van der Waals surface area contributed by atoms with Crippen LogP contribution in [0.4, 0.5) is 0 Å². The van der Waals surface area contributed by atoms with Gasteiger partial charge in [0.1, 0.15) is 0 Å². The van der Waals surface area contributed by atoms with E-state index in [0.717, 1.165) is 12.8 Å². The maximum absolute atomic E-state index is 11.3. The topological polar surface area (TPSA) is 43.4 Å². The van der Waals surface area contributed by atoms with Gasteiger partial charge in [-0.15, -0.1) is 0 Å². The molecule has 68 valence electrons. The Bertz CT molecular complexity index is 198. The van der Waals surface area contributed by atoms with Crippen molar-refractivity contribution in [3.8, 4) is 0 Å². The van der Waals surface area contributed by atoms with Crippen LogP contribution in [0.1, 0.15) is 33.1 Å². The second-order valence-electron chi connectivity index (χ2n) is 3.37. The maximum Gasteiger partial charge on any atom is 0.303 e. The second kappa shape index (κ2) is 3.70. The SMILES string of the molecule is CC(=O)O[C@@H]1C(=O)CCC[C@@H]1C. The first kappa shape index (κ1) is 9.23. The van der Waals surface area contributed by atoms with Gasteiger partial charge in [0.05, 0.1) is 0 Å². The number of ketones is 1. The molecule has 1 fully saturated rings. The first-order valence-corrected chi connectivity index (χ1v) is 4.31. The molecule has 3 nitrogen and oxygen atoms in total. The summed E-state index contributed by atoms with van der Waals surface area (Å²) >= 11 is 0. The van der Waals surface area contributed by atoms with Gasteiger partial charge in [-0.1, -0.05) is 6.92 Å². The molecule has 1 saturated carbocycles. The van der Waals surface area contributed by atoms with Gasteiger partial charge in [-0.3, -0.25) is 9.59 Å². The lowest BCUT2D eigenvalue weighted by atomic mass is 9.87. The van der Waals surface area contributed by atoms with Gasteiger partial charge in [-0.2, -0.15) is 0 Å². The van der Waals surface area contributed by atoms with E-state index in [4.69, 9.17) is 4.74 Å². The van der Waals surface area contributed by atoms with Crippen LogP contribution in [0, 0.1) is 5.92 Å². The maximum atomic E-state index is 11.3. The summed E-state index contributed by atoms with van der Waals surface area (Å²) in [5.41, 5.74) is 0. The highest BCUT2D eigenvalue weighted by Gasteiger charge is 2.30. The van der Waals surface area contributed by atoms with Crippen LogP contribution < -0.4 is 0 Å². The molecule has 0 aromatic rings. The molecule has 12 heavy (non-hydrogen) atoms. The van der Waals surface area contributed by atoms with Gasteiger partial charge in [-0.25, -0.2) is 0 Å². The molecule has 0 unspecified atom stereocenters. The van der Waals surface area contributed by atoms with E-state index < -0.39 is 6.10 Å². The third-order valence-corrected chi connectivity index (χ3v) is 2.21. The molecule has 0 aromatic heterocycles. The van der Waals surface area contributed by atoms with E-state index in [1.807, 2.05) is 6.92 Å². The van der Waals surface area contributed by atoms with Crippen molar-refractivity contribution in [2.75, 3.05) is 0 Å². The summed E-state index contributed by atoms with van der Waals surface area (Å²) in [6.07, 6.45) is 1.99. The molecular weight excluding hydrogens is 156 g/mol. The van der Waals surface area contributed by atoms with Gasteiger partial charge < -0.3 is 4.74 Å². The number of ether oxygens (including phenoxy) is 1. The zero-order valence-corrected chi connectivity index (χ0v) is 7.50. The second-order valence-corrected chi connectivity index (χ2v) is 3.37. The molecule has 1 rings (SSSR count). The van der Waals surface area contributed by atoms with Gasteiger partial charge in [0.15, 0.2) is 11.9 Å². The number of carbonyl (C=O) groups is 2. The van der Waals surface area contributed by atoms with Crippen LogP contribution in [-0.4, -0.2) is 17.9 Å². The van der Waals surface area contributed by atoms with Crippen molar-refractivity contribution in [2.45, 2.75) is 39.2 Å². The fourth-order valence-electron chi connectivity index (χ4n) is 1.57. The Hall–Kier alpha value is -0.860. The summed E-state index contributed by atoms with van der Waals surface area (Å²) < 4.78 is 4.93. The van der Waals surface area contributed by atoms with Crippen molar-refractivity contribution in [1.82, 2.24) is 0 Å². The smallest absolute Gasteiger partial charge is 0.303 e. The Morgan fingerprint density at radius 2 is 2.25 bits per heavy atom. The van der Waals surface area contributed by atoms with Crippen molar-refractivity contribution in [3.05, 3.63) is 0 Å². The van der Waals surface area contributed by atoms with E-state index in [2.05, 4.69) is 0 Å². The highest BCUT2D eigenvalue weighted by molar-refractivity contribution is 5.86. The summed E-state index contributed by atoms with van der Waals surface area (Å²) in [7, 11) is 0. The van der Waals surface area contributed by atoms with Crippen molar-refractivity contribution in [3.63, 3.8) is 0 Å². The van der Waals surface area contributed by atoms with Crippen molar-refractivity contribution < 1.29 is 14.3 Å². The van der Waals surface area contributed by atoms with E-state index in [0.29, 0.717) is 6.42 Å². The molecule has 0 bridgehead atoms. The van der Waals surface area contributed by atoms with E-state index in [9.17, 15) is 9.59 Å². The first-order valence-electron chi connectivity index (χ1n) is 4.31. The Morgan fingerprint density at radius 1 is 1.58 bits per heavy atom. The molecular formula is C9H14O3. The molecule has 0 aromatic carbocycles. The molecule has 3 heteroatoms. The molecule has 1 aliphatic carbocycles. The lowest BCUT2D eigenvalue weighted by molar-refractivity contribution is -0.157. The molecule has 0 spiro atoms. The van der Waals surface area contributed by atoms with Crippen LogP contribution in [0.25, 0.3) is 0 Å². The van der Waals surface area contributed by atoms with E-state index in [1.54, 1.807) is 0 Å². The number of rotatable bonds is 1. The summed E-state index contributed by atoms with van der Waals surface area (Å²) in [4.78, 5) is 21.9. The molecule has 0 radical (unpaired) electrons. The van der Waals surface area contributed by atoms with Gasteiger partial charge in [0.2, 0.25) is 0 Å². The van der Waals surface area contributed by atoms with Gasteiger partial charge >= 0.3 is 5.97 Å². The Balaban J connectivity index is 2.57. The highest BCUT2D eigenvalue weighted by Crippen LogP contribution is 2.23. The number of carbonyl (C=O) groups excluding carboxylic acids is 2. The van der Waals surface area contributed by atoms with Crippen LogP contribution in [0.2, 0.25) is 0 Å². The van der Waals surface area contributed by atoms with Crippen LogP contribution in [0.15, 0.2) is 0 Å². The van der Waals surface area contributed by atoms with E-state index in [1.165, 1.54) is 6.92 Å². The predicted octanol–water partition coefficient (Wildman–Crippen LogP) is 1.31. The van der Waals surface area contributed by atoms with Gasteiger partial charge in [-0.05, 0) is 12.8 Å². The van der Waals surface area contributed by atoms with Crippen molar-refractivity contribution in [2.24, 2.45) is 5.92 Å². The third kappa shape index (κ3) is 2.06. The quantitative estimate of drug-likeness (QED) is 0.557. The van der Waals surface area contributed by atoms with Crippen LogP contribution in [0.3, 0.4) is 0 Å². The average Bonchev–Trinajstić information content (AvgIpc) is 1.97. The minimum Gasteiger partial charge on any atom is -0.454 e. The summed E-state index contributed by atoms with van der Waals surface area (Å²) in [6.45, 7) is 3.29. The van der Waals surface area contributed by atoms with Crippen molar-refractivity contribution >= 4 is 11.8 Å². The zero-order chi connectivity index (χ0) is 9.14. The zero-order valence-electron chi connectivity index (χ0n) is 7.50. The Labute approximate surface area is 72.1 Å². The number of hydrogen-bond acceptors (Lipinski definition) is 3. The number of hydrogen-bond donors (Lipinski definition) is 0. The predicted molar refractivity (Wildman–Crippen MR) is 43.6 cm³/mol. The molecule has 0 aliphatic heterocycles. The molecule has 0 N–H and O–H groups in total. The standard InChI is InChI=1S/C9H14O3/c1-6-4-3-5-8(11)9(6)12-7(2)10/h6,9H,3-5H2,1-2H3/t6-,9-/m0/s1. The largest absolute Gasteiger partial charge is 0.454 e. The van der Waals surface area contributed by atoms with Crippen molar-refractivity contribution in [1.29, 1.82) is 0 Å². The molecule has 0 heterocycles. The van der Waals surface area contributed by atoms with Gasteiger partial charge in [0.25, 0.3) is 0 Å². The first-order chi connectivity index (χ1) is 5.61. The third-order valence-electron chi connectivity index (χ3n) is 2.21. The lowest BCUT2D eigenvalue weighted by Gasteiger charge is -2.26. The molecule has 1 aliphatic rings. The lowest BCUT2D eigenvalue weighted by Crippen LogP contribution is -2.35. The monoisotopic (exact) mass is 170 g/mol.